The lowest BCUT2D eigenvalue weighted by Gasteiger charge is -2.23. The molecule has 1 aliphatic rings. The smallest absolute Gasteiger partial charge is 0.407 e. The molecule has 8 nitrogen and oxygen atoms in total. The zero-order chi connectivity index (χ0) is 25.4. The Balaban J connectivity index is 1.64. The van der Waals surface area contributed by atoms with Crippen LogP contribution in [0.1, 0.15) is 50.2 Å². The summed E-state index contributed by atoms with van der Waals surface area (Å²) in [5, 5.41) is 14.7. The number of rotatable bonds is 12. The largest absolute Gasteiger partial charge is 0.480 e. The summed E-state index contributed by atoms with van der Waals surface area (Å²) < 4.78 is 10.6. The highest BCUT2D eigenvalue weighted by molar-refractivity contribution is 5.89. The van der Waals surface area contributed by atoms with Crippen molar-refractivity contribution in [3.05, 3.63) is 59.7 Å². The van der Waals surface area contributed by atoms with E-state index in [1.54, 1.807) is 0 Å². The van der Waals surface area contributed by atoms with Gasteiger partial charge in [0.25, 0.3) is 0 Å². The van der Waals surface area contributed by atoms with Gasteiger partial charge < -0.3 is 25.2 Å². The number of carboxylic acid groups (broad SMARTS) is 1. The van der Waals surface area contributed by atoms with Crippen LogP contribution in [0.3, 0.4) is 0 Å². The van der Waals surface area contributed by atoms with E-state index in [0.29, 0.717) is 6.42 Å². The Morgan fingerprint density at radius 3 is 2.11 bits per heavy atom. The van der Waals surface area contributed by atoms with E-state index in [9.17, 15) is 19.5 Å². The van der Waals surface area contributed by atoms with Crippen LogP contribution in [0.2, 0.25) is 0 Å². The fourth-order valence-electron chi connectivity index (χ4n) is 4.35. The predicted molar refractivity (Wildman–Crippen MR) is 132 cm³/mol. The second kappa shape index (κ2) is 12.4. The van der Waals surface area contributed by atoms with Crippen molar-refractivity contribution < 1.29 is 29.0 Å². The molecule has 0 aliphatic heterocycles. The molecule has 8 heteroatoms. The Morgan fingerprint density at radius 2 is 1.57 bits per heavy atom. The summed E-state index contributed by atoms with van der Waals surface area (Å²) in [6.45, 7) is 4.22. The van der Waals surface area contributed by atoms with E-state index in [1.807, 2.05) is 50.2 Å². The van der Waals surface area contributed by atoms with Crippen molar-refractivity contribution in [3.8, 4) is 11.1 Å². The zero-order valence-electron chi connectivity index (χ0n) is 20.5. The Morgan fingerprint density at radius 1 is 0.971 bits per heavy atom. The molecular formula is C27H34N2O6. The molecule has 1 aliphatic carbocycles. The molecule has 188 valence electrons. The van der Waals surface area contributed by atoms with E-state index < -0.39 is 30.1 Å². The topological polar surface area (TPSA) is 114 Å². The number of methoxy groups -OCH3 is 1. The molecule has 35 heavy (non-hydrogen) atoms. The summed E-state index contributed by atoms with van der Waals surface area (Å²) in [6, 6.07) is 14.0. The molecule has 2 amide bonds. The van der Waals surface area contributed by atoms with Gasteiger partial charge in [0.1, 0.15) is 18.7 Å². The second-order valence-corrected chi connectivity index (χ2v) is 8.95. The fourth-order valence-corrected chi connectivity index (χ4v) is 4.35. The third-order valence-electron chi connectivity index (χ3n) is 6.51. The van der Waals surface area contributed by atoms with Crippen LogP contribution < -0.4 is 10.6 Å². The fraction of sp³-hybridized carbons (Fsp3) is 0.444. The van der Waals surface area contributed by atoms with E-state index in [1.165, 1.54) is 7.11 Å². The monoisotopic (exact) mass is 482 g/mol. The quantitative estimate of drug-likeness (QED) is 0.422. The molecule has 0 saturated heterocycles. The normalized spacial score (nSPS) is 14.8. The van der Waals surface area contributed by atoms with E-state index in [0.717, 1.165) is 28.7 Å². The molecule has 0 radical (unpaired) electrons. The average molecular weight is 483 g/mol. The molecule has 0 spiro atoms. The first-order chi connectivity index (χ1) is 16.8. The van der Waals surface area contributed by atoms with Crippen LogP contribution in [0.4, 0.5) is 4.79 Å². The van der Waals surface area contributed by atoms with Crippen LogP contribution in [0, 0.1) is 5.92 Å². The molecule has 0 bridgehead atoms. The number of hydrogen-bond donors (Lipinski definition) is 3. The maximum atomic E-state index is 12.9. The molecule has 0 aromatic heterocycles. The van der Waals surface area contributed by atoms with Gasteiger partial charge in [0.05, 0.1) is 0 Å². The van der Waals surface area contributed by atoms with Crippen LogP contribution in [0.5, 0.6) is 0 Å². The summed E-state index contributed by atoms with van der Waals surface area (Å²) in [4.78, 5) is 37.2. The van der Waals surface area contributed by atoms with Gasteiger partial charge in [-0.1, -0.05) is 68.8 Å². The van der Waals surface area contributed by atoms with Crippen molar-refractivity contribution in [1.82, 2.24) is 10.6 Å². The molecule has 3 unspecified atom stereocenters. The molecule has 3 N–H and O–H groups in total. The van der Waals surface area contributed by atoms with E-state index in [-0.39, 0.29) is 31.5 Å². The molecule has 2 aromatic rings. The summed E-state index contributed by atoms with van der Waals surface area (Å²) >= 11 is 0. The molecule has 0 saturated carbocycles. The lowest BCUT2D eigenvalue weighted by Crippen LogP contribution is -2.52. The van der Waals surface area contributed by atoms with Crippen molar-refractivity contribution in [2.45, 2.75) is 51.1 Å². The zero-order valence-corrected chi connectivity index (χ0v) is 20.5. The summed E-state index contributed by atoms with van der Waals surface area (Å²) in [7, 11) is 1.49. The van der Waals surface area contributed by atoms with Gasteiger partial charge in [0.15, 0.2) is 0 Å². The van der Waals surface area contributed by atoms with Crippen molar-refractivity contribution in [1.29, 1.82) is 0 Å². The molecule has 2 aromatic carbocycles. The van der Waals surface area contributed by atoms with Crippen molar-refractivity contribution in [2.24, 2.45) is 5.92 Å². The number of hydrogen-bond acceptors (Lipinski definition) is 5. The number of amides is 2. The van der Waals surface area contributed by atoms with Crippen LogP contribution in [0.15, 0.2) is 48.5 Å². The summed E-state index contributed by atoms with van der Waals surface area (Å²) in [5.74, 6) is -1.66. The van der Waals surface area contributed by atoms with Crippen LogP contribution >= 0.6 is 0 Å². The first kappa shape index (κ1) is 26.2. The highest BCUT2D eigenvalue weighted by Gasteiger charge is 2.31. The minimum atomic E-state index is -1.11. The van der Waals surface area contributed by atoms with E-state index >= 15 is 0 Å². The number of benzene rings is 2. The minimum absolute atomic E-state index is 0.105. The standard InChI is InChI=1S/C27H34N2O6/c1-4-17(2)15-24(26(31)32)28-25(30)23(13-14-34-3)29-27(33)35-16-22-20-11-7-5-9-18(20)19-10-6-8-12-21(19)22/h5-12,17,22-24H,4,13-16H2,1-3H3,(H,28,30)(H,29,33)(H,31,32). The molecule has 3 rings (SSSR count). The molecule has 0 heterocycles. The van der Waals surface area contributed by atoms with Gasteiger partial charge >= 0.3 is 12.1 Å². The second-order valence-electron chi connectivity index (χ2n) is 8.95. The van der Waals surface area contributed by atoms with Gasteiger partial charge in [0, 0.05) is 26.1 Å². The minimum Gasteiger partial charge on any atom is -0.480 e. The number of nitrogens with one attached hydrogen (secondary N) is 2. The molecular weight excluding hydrogens is 448 g/mol. The maximum absolute atomic E-state index is 12.9. The number of fused-ring (bicyclic) bond motifs is 3. The number of alkyl carbamates (subject to hydrolysis) is 1. The van der Waals surface area contributed by atoms with Gasteiger partial charge in [-0.3, -0.25) is 4.79 Å². The van der Waals surface area contributed by atoms with Crippen molar-refractivity contribution in [2.75, 3.05) is 20.3 Å². The molecule has 0 fully saturated rings. The van der Waals surface area contributed by atoms with Crippen LogP contribution in [-0.4, -0.2) is 55.5 Å². The van der Waals surface area contributed by atoms with Gasteiger partial charge in [-0.25, -0.2) is 9.59 Å². The van der Waals surface area contributed by atoms with Crippen LogP contribution in [0.25, 0.3) is 11.1 Å². The Hall–Kier alpha value is -3.39. The highest BCUT2D eigenvalue weighted by Crippen LogP contribution is 2.44. The van der Waals surface area contributed by atoms with Gasteiger partial charge in [-0.05, 0) is 34.6 Å². The lowest BCUT2D eigenvalue weighted by molar-refractivity contribution is -0.142. The average Bonchev–Trinajstić information content (AvgIpc) is 3.18. The predicted octanol–water partition coefficient (Wildman–Crippen LogP) is 3.94. The number of ether oxygens (including phenoxy) is 2. The number of aliphatic carboxylic acids is 1. The number of carbonyl (C=O) groups is 3. The number of carboxylic acids is 1. The Labute approximate surface area is 206 Å². The Kier molecular flexibility index (Phi) is 9.25. The van der Waals surface area contributed by atoms with Gasteiger partial charge in [-0.15, -0.1) is 0 Å². The van der Waals surface area contributed by atoms with Gasteiger partial charge in [0.2, 0.25) is 5.91 Å². The summed E-state index contributed by atoms with van der Waals surface area (Å²) in [5.41, 5.74) is 4.42. The summed E-state index contributed by atoms with van der Waals surface area (Å²) in [6.07, 6.45) is 0.545. The third-order valence-corrected chi connectivity index (χ3v) is 6.51. The maximum Gasteiger partial charge on any atom is 0.407 e. The SMILES string of the molecule is CCC(C)CC(NC(=O)C(CCOC)NC(=O)OCC1c2ccccc2-c2ccccc21)C(=O)O. The first-order valence-electron chi connectivity index (χ1n) is 12.0. The van der Waals surface area contributed by atoms with Crippen LogP contribution in [-0.2, 0) is 19.1 Å². The van der Waals surface area contributed by atoms with Gasteiger partial charge in [-0.2, -0.15) is 0 Å². The van der Waals surface area contributed by atoms with E-state index in [4.69, 9.17) is 9.47 Å². The lowest BCUT2D eigenvalue weighted by atomic mass is 9.98. The number of carbonyl (C=O) groups excluding carboxylic acids is 2. The van der Waals surface area contributed by atoms with E-state index in [2.05, 4.69) is 22.8 Å². The van der Waals surface area contributed by atoms with Crippen molar-refractivity contribution >= 4 is 18.0 Å². The third kappa shape index (κ3) is 6.60. The highest BCUT2D eigenvalue weighted by atomic mass is 16.5. The molecule has 3 atom stereocenters. The first-order valence-corrected chi connectivity index (χ1v) is 12.0. The van der Waals surface area contributed by atoms with Crippen molar-refractivity contribution in [3.63, 3.8) is 0 Å². The Bertz CT molecular complexity index is 994.